The smallest absolute Gasteiger partial charge is 0.133 e. The third-order valence-corrected chi connectivity index (χ3v) is 1.62. The number of carbonyl (C=O) groups is 2. The molecule has 0 aromatic heterocycles. The minimum atomic E-state index is -0.0651. The van der Waals surface area contributed by atoms with E-state index in [0.717, 1.165) is 0 Å². The summed E-state index contributed by atoms with van der Waals surface area (Å²) < 4.78 is 0. The molecule has 106 valence electrons. The van der Waals surface area contributed by atoms with E-state index in [0.29, 0.717) is 12.6 Å². The number of nitrogens with one attached hydrogen (secondary N) is 2. The van der Waals surface area contributed by atoms with Crippen LogP contribution in [-0.4, -0.2) is 37.7 Å². The van der Waals surface area contributed by atoms with Crippen LogP contribution in [0.3, 0.4) is 0 Å². The molecule has 6 nitrogen and oxygen atoms in total. The van der Waals surface area contributed by atoms with Crippen LogP contribution in [-0.2, 0) is 84.6 Å². The van der Waals surface area contributed by atoms with Gasteiger partial charge in [0.05, 0.1) is 13.1 Å². The fourth-order valence-corrected chi connectivity index (χ4v) is 0.773. The Hall–Kier alpha value is 1.67. The first-order chi connectivity index (χ1) is 8.24. The molecule has 0 aromatic carbocycles. The molecule has 0 spiro atoms. The second-order valence-electron chi connectivity index (χ2n) is 2.26. The van der Waals surface area contributed by atoms with E-state index in [1.165, 1.54) is 6.42 Å². The molecule has 2 radical (unpaired) electrons. The molecule has 0 amide bonds. The van der Waals surface area contributed by atoms with Gasteiger partial charge in [-0.3, -0.25) is 0 Å². The van der Waals surface area contributed by atoms with E-state index in [-0.39, 0.29) is 96.0 Å². The Bertz CT molecular complexity index is 158. The third-order valence-electron chi connectivity index (χ3n) is 0.650. The van der Waals surface area contributed by atoms with E-state index in [1.54, 1.807) is 12.1 Å². The Morgan fingerprint density at radius 2 is 1.16 bits per heavy atom. The van der Waals surface area contributed by atoms with Gasteiger partial charge >= 0.3 is 0 Å². The van der Waals surface area contributed by atoms with Crippen molar-refractivity contribution in [1.29, 1.82) is 0 Å². The zero-order valence-corrected chi connectivity index (χ0v) is 18.7. The maximum absolute atomic E-state index is 9.49. The van der Waals surface area contributed by atoms with Gasteiger partial charge < -0.3 is 29.4 Å². The van der Waals surface area contributed by atoms with Crippen LogP contribution in [0.4, 0.5) is 0 Å². The standard InChI is InChI=1S/2C3H5NO2P.C3H8.2Y/c2*5-2-1-4-7-3-6;1-3-2;;/h2*2,4,7H,1H2;3H2,1-2H3;;/q2*-1;;;. The van der Waals surface area contributed by atoms with Gasteiger partial charge in [-0.1, -0.05) is 20.3 Å². The molecule has 0 bridgehead atoms. The normalized spacial score (nSPS) is 8.11. The number of hydrogen-bond acceptors (Lipinski definition) is 6. The van der Waals surface area contributed by atoms with E-state index in [9.17, 15) is 19.2 Å². The van der Waals surface area contributed by atoms with Gasteiger partial charge in [-0.25, -0.2) is 12.1 Å². The molecule has 10 heteroatoms. The van der Waals surface area contributed by atoms with Crippen molar-refractivity contribution in [3.05, 3.63) is 0 Å². The Morgan fingerprint density at radius 1 is 0.895 bits per heavy atom. The van der Waals surface area contributed by atoms with Gasteiger partial charge in [0.2, 0.25) is 0 Å². The fourth-order valence-electron chi connectivity index (χ4n) is 0.258. The van der Waals surface area contributed by atoms with Crippen molar-refractivity contribution in [1.82, 2.24) is 10.2 Å². The van der Waals surface area contributed by atoms with E-state index < -0.39 is 0 Å². The first-order valence-corrected chi connectivity index (χ1v) is 6.82. The summed E-state index contributed by atoms with van der Waals surface area (Å²) in [7, 11) is -0.130. The van der Waals surface area contributed by atoms with Crippen LogP contribution < -0.4 is 10.2 Å². The first kappa shape index (κ1) is 32.6. The van der Waals surface area contributed by atoms with Crippen LogP contribution in [0.25, 0.3) is 0 Å². The van der Waals surface area contributed by atoms with Crippen molar-refractivity contribution in [2.24, 2.45) is 0 Å². The van der Waals surface area contributed by atoms with Gasteiger partial charge in [0.1, 0.15) is 12.6 Å². The van der Waals surface area contributed by atoms with Gasteiger partial charge in [0.25, 0.3) is 0 Å². The molecule has 0 saturated heterocycles. The van der Waals surface area contributed by atoms with E-state index >= 15 is 0 Å². The molecule has 0 fully saturated rings. The van der Waals surface area contributed by atoms with Crippen LogP contribution in [0.5, 0.6) is 0 Å². The Balaban J connectivity index is -0.0000000525. The molecule has 2 atom stereocenters. The molecular formula is C9H18N2O4P2Y2-2. The summed E-state index contributed by atoms with van der Waals surface area (Å²) in [6, 6.07) is 3.22. The van der Waals surface area contributed by atoms with Crippen molar-refractivity contribution >= 4 is 42.1 Å². The van der Waals surface area contributed by atoms with Crippen LogP contribution in [0.15, 0.2) is 0 Å². The summed E-state index contributed by atoms with van der Waals surface area (Å²) in [6.45, 7) is 4.74. The SMILES string of the molecule is CCC.O=[C-]PNCC=O.O=[C-]PNCC=O.[Y].[Y]. The molecule has 2 unspecified atom stereocenters. The summed E-state index contributed by atoms with van der Waals surface area (Å²) in [5, 5.41) is 5.04. The Kier molecular flexibility index (Phi) is 73.2. The number of aldehydes is 2. The quantitative estimate of drug-likeness (QED) is 0.235. The average molecular weight is 458 g/mol. The van der Waals surface area contributed by atoms with Crippen molar-refractivity contribution in [3.63, 3.8) is 0 Å². The Morgan fingerprint density at radius 3 is 1.32 bits per heavy atom. The summed E-state index contributed by atoms with van der Waals surface area (Å²) >= 11 is 0. The summed E-state index contributed by atoms with van der Waals surface area (Å²) in [6.07, 6.45) is 2.65. The molecule has 2 N–H and O–H groups in total. The van der Waals surface area contributed by atoms with Gasteiger partial charge in [0, 0.05) is 65.4 Å². The van der Waals surface area contributed by atoms with E-state index in [1.807, 2.05) is 0 Å². The van der Waals surface area contributed by atoms with Gasteiger partial charge in [-0.2, -0.15) is 17.5 Å². The molecular weight excluding hydrogens is 440 g/mol. The fraction of sp³-hybridized carbons (Fsp3) is 0.556. The van der Waals surface area contributed by atoms with Crippen molar-refractivity contribution < 1.29 is 84.6 Å². The zero-order chi connectivity index (χ0) is 13.8. The predicted octanol–water partition coefficient (Wildman–Crippen LogP) is 0.282. The Labute approximate surface area is 168 Å². The predicted molar refractivity (Wildman–Crippen MR) is 72.1 cm³/mol. The van der Waals surface area contributed by atoms with E-state index in [4.69, 9.17) is 0 Å². The third kappa shape index (κ3) is 65.7. The molecule has 0 rings (SSSR count). The van der Waals surface area contributed by atoms with Crippen molar-refractivity contribution in [2.45, 2.75) is 20.3 Å². The number of rotatable bonds is 8. The molecule has 0 aliphatic rings. The van der Waals surface area contributed by atoms with E-state index in [2.05, 4.69) is 24.0 Å². The molecule has 0 heterocycles. The summed E-state index contributed by atoms with van der Waals surface area (Å²) in [5.41, 5.74) is 0. The van der Waals surface area contributed by atoms with Gasteiger partial charge in [0.15, 0.2) is 0 Å². The second-order valence-corrected chi connectivity index (χ2v) is 3.87. The largest absolute Gasteiger partial charge is 0.536 e. The number of hydrogen-bond donors (Lipinski definition) is 2. The summed E-state index contributed by atoms with van der Waals surface area (Å²) in [5.74, 6) is 0. The second kappa shape index (κ2) is 42.7. The molecule has 0 aliphatic carbocycles. The van der Waals surface area contributed by atoms with Crippen LogP contribution in [0, 0.1) is 0 Å². The first-order valence-electron chi connectivity index (χ1n) is 4.82. The van der Waals surface area contributed by atoms with Crippen LogP contribution in [0.1, 0.15) is 20.3 Å². The topological polar surface area (TPSA) is 92.3 Å². The molecule has 0 saturated carbocycles. The molecule has 0 aliphatic heterocycles. The van der Waals surface area contributed by atoms with Crippen molar-refractivity contribution in [2.75, 3.05) is 13.1 Å². The molecule has 0 aromatic rings. The maximum Gasteiger partial charge on any atom is 0.133 e. The average Bonchev–Trinajstić information content (AvgIpc) is 2.32. The number of carbonyl (C=O) groups excluding carboxylic acids is 4. The maximum atomic E-state index is 9.49. The van der Waals surface area contributed by atoms with Crippen LogP contribution >= 0.6 is 17.5 Å². The minimum Gasteiger partial charge on any atom is -0.536 e. The van der Waals surface area contributed by atoms with Crippen molar-refractivity contribution in [3.8, 4) is 0 Å². The minimum absolute atomic E-state index is 0. The molecule has 19 heavy (non-hydrogen) atoms. The van der Waals surface area contributed by atoms with Crippen LogP contribution in [0.2, 0.25) is 0 Å². The van der Waals surface area contributed by atoms with Gasteiger partial charge in [-0.15, -0.1) is 0 Å². The monoisotopic (exact) mass is 458 g/mol. The zero-order valence-electron chi connectivity index (χ0n) is 11.1. The summed E-state index contributed by atoms with van der Waals surface area (Å²) in [4.78, 5) is 37.8. The van der Waals surface area contributed by atoms with Gasteiger partial charge in [-0.05, 0) is 0 Å².